The van der Waals surface area contributed by atoms with Crippen LogP contribution in [0.25, 0.3) is 10.9 Å². The number of aromatic nitrogens is 1. The topological polar surface area (TPSA) is 24.9 Å². The molecule has 1 heterocycles. The lowest BCUT2D eigenvalue weighted by Gasteiger charge is -2.08. The minimum absolute atomic E-state index is 0.701. The van der Waals surface area contributed by atoms with Crippen LogP contribution in [0.5, 0.6) is 0 Å². The third kappa shape index (κ3) is 1.90. The highest BCUT2D eigenvalue weighted by molar-refractivity contribution is 6.35. The molecule has 0 aliphatic rings. The van der Waals surface area contributed by atoms with Crippen molar-refractivity contribution in [3.63, 3.8) is 0 Å². The molecule has 1 aromatic carbocycles. The van der Waals surface area contributed by atoms with Gasteiger partial charge in [-0.2, -0.15) is 0 Å². The van der Waals surface area contributed by atoms with Crippen molar-refractivity contribution in [3.05, 3.63) is 34.9 Å². The second kappa shape index (κ2) is 4.07. The van der Waals surface area contributed by atoms with E-state index >= 15 is 0 Å². The highest BCUT2D eigenvalue weighted by atomic mass is 35.5. The van der Waals surface area contributed by atoms with E-state index in [1.165, 1.54) is 0 Å². The molecule has 0 unspecified atom stereocenters. The lowest BCUT2D eigenvalue weighted by molar-refractivity contribution is 1.16. The van der Waals surface area contributed by atoms with Crippen LogP contribution < -0.4 is 5.32 Å². The lowest BCUT2D eigenvalue weighted by Crippen LogP contribution is -2.01. The number of anilines is 1. The molecular weight excluding hydrogens is 208 g/mol. The zero-order valence-corrected chi connectivity index (χ0v) is 9.60. The molecule has 0 fully saturated rings. The number of rotatable bonds is 2. The monoisotopic (exact) mass is 220 g/mol. The molecule has 0 radical (unpaired) electrons. The molecule has 0 spiro atoms. The normalized spacial score (nSPS) is 10.6. The first-order chi connectivity index (χ1) is 7.22. The summed E-state index contributed by atoms with van der Waals surface area (Å²) in [7, 11) is 0. The summed E-state index contributed by atoms with van der Waals surface area (Å²) in [5.41, 5.74) is 2.01. The molecule has 2 aromatic rings. The van der Waals surface area contributed by atoms with Crippen LogP contribution in [0, 0.1) is 6.92 Å². The number of benzene rings is 1. The van der Waals surface area contributed by atoms with Crippen molar-refractivity contribution >= 4 is 28.3 Å². The fraction of sp³-hybridized carbons (Fsp3) is 0.250. The first-order valence-corrected chi connectivity index (χ1v) is 5.40. The van der Waals surface area contributed by atoms with E-state index in [0.29, 0.717) is 5.02 Å². The predicted octanol–water partition coefficient (Wildman–Crippen LogP) is 3.63. The molecule has 1 N–H and O–H groups in total. The largest absolute Gasteiger partial charge is 0.370 e. The van der Waals surface area contributed by atoms with Crippen LogP contribution in [0.4, 0.5) is 5.82 Å². The molecule has 0 aliphatic carbocycles. The number of pyridine rings is 1. The van der Waals surface area contributed by atoms with Crippen molar-refractivity contribution in [1.82, 2.24) is 4.98 Å². The van der Waals surface area contributed by atoms with E-state index in [0.717, 1.165) is 28.8 Å². The van der Waals surface area contributed by atoms with Gasteiger partial charge in [-0.05, 0) is 31.5 Å². The van der Waals surface area contributed by atoms with Gasteiger partial charge in [-0.25, -0.2) is 4.98 Å². The number of fused-ring (bicyclic) bond motifs is 1. The minimum atomic E-state index is 0.701. The molecule has 0 atom stereocenters. The van der Waals surface area contributed by atoms with Crippen molar-refractivity contribution in [2.24, 2.45) is 0 Å². The summed E-state index contributed by atoms with van der Waals surface area (Å²) in [5, 5.41) is 5.01. The van der Waals surface area contributed by atoms with Gasteiger partial charge in [0.25, 0.3) is 0 Å². The molecule has 15 heavy (non-hydrogen) atoms. The molecule has 2 nitrogen and oxygen atoms in total. The van der Waals surface area contributed by atoms with Gasteiger partial charge in [0, 0.05) is 11.9 Å². The lowest BCUT2D eigenvalue weighted by atomic mass is 10.1. The van der Waals surface area contributed by atoms with Crippen molar-refractivity contribution in [2.45, 2.75) is 13.8 Å². The molecule has 0 saturated carbocycles. The number of hydrogen-bond donors (Lipinski definition) is 1. The quantitative estimate of drug-likeness (QED) is 0.836. The van der Waals surface area contributed by atoms with E-state index in [2.05, 4.69) is 23.3 Å². The van der Waals surface area contributed by atoms with Gasteiger partial charge in [0.1, 0.15) is 5.82 Å². The van der Waals surface area contributed by atoms with E-state index in [-0.39, 0.29) is 0 Å². The highest BCUT2D eigenvalue weighted by Crippen LogP contribution is 2.25. The Labute approximate surface area is 94.3 Å². The Morgan fingerprint density at radius 2 is 2.20 bits per heavy atom. The Bertz CT molecular complexity index is 494. The summed E-state index contributed by atoms with van der Waals surface area (Å²) in [6, 6.07) is 7.93. The van der Waals surface area contributed by atoms with Crippen LogP contribution in [0.2, 0.25) is 5.02 Å². The van der Waals surface area contributed by atoms with Gasteiger partial charge in [-0.3, -0.25) is 0 Å². The number of halogens is 1. The molecule has 0 aliphatic heterocycles. The van der Waals surface area contributed by atoms with Gasteiger partial charge in [-0.1, -0.05) is 23.7 Å². The van der Waals surface area contributed by atoms with Gasteiger partial charge in [0.05, 0.1) is 10.5 Å². The smallest absolute Gasteiger partial charge is 0.129 e. The molecule has 2 rings (SSSR count). The van der Waals surface area contributed by atoms with Crippen LogP contribution in [0.15, 0.2) is 24.3 Å². The molecular formula is C12H13ClN2. The third-order valence-electron chi connectivity index (χ3n) is 2.33. The van der Waals surface area contributed by atoms with Crippen molar-refractivity contribution in [1.29, 1.82) is 0 Å². The summed E-state index contributed by atoms with van der Waals surface area (Å²) in [6.07, 6.45) is 0. The van der Waals surface area contributed by atoms with Gasteiger partial charge in [0.15, 0.2) is 0 Å². The molecule has 0 amide bonds. The first kappa shape index (κ1) is 10.2. The molecule has 3 heteroatoms. The van der Waals surface area contributed by atoms with Gasteiger partial charge in [-0.15, -0.1) is 0 Å². The second-order valence-electron chi connectivity index (χ2n) is 3.50. The average molecular weight is 221 g/mol. The second-order valence-corrected chi connectivity index (χ2v) is 3.90. The molecule has 0 saturated heterocycles. The van der Waals surface area contributed by atoms with E-state index < -0.39 is 0 Å². The van der Waals surface area contributed by atoms with Crippen molar-refractivity contribution < 1.29 is 0 Å². The summed E-state index contributed by atoms with van der Waals surface area (Å²) in [6.45, 7) is 4.97. The number of hydrogen-bond acceptors (Lipinski definition) is 2. The minimum Gasteiger partial charge on any atom is -0.370 e. The zero-order chi connectivity index (χ0) is 10.8. The Morgan fingerprint density at radius 3 is 2.93 bits per heavy atom. The first-order valence-electron chi connectivity index (χ1n) is 5.02. The highest BCUT2D eigenvalue weighted by Gasteiger charge is 2.04. The molecule has 78 valence electrons. The van der Waals surface area contributed by atoms with Crippen LogP contribution in [0.1, 0.15) is 12.5 Å². The van der Waals surface area contributed by atoms with Crippen LogP contribution >= 0.6 is 11.6 Å². The van der Waals surface area contributed by atoms with E-state index in [9.17, 15) is 0 Å². The van der Waals surface area contributed by atoms with Crippen LogP contribution in [-0.4, -0.2) is 11.5 Å². The summed E-state index contributed by atoms with van der Waals surface area (Å²) >= 11 is 6.09. The third-order valence-corrected chi connectivity index (χ3v) is 2.64. The zero-order valence-electron chi connectivity index (χ0n) is 8.84. The van der Waals surface area contributed by atoms with Crippen LogP contribution in [-0.2, 0) is 0 Å². The maximum Gasteiger partial charge on any atom is 0.129 e. The van der Waals surface area contributed by atoms with Crippen molar-refractivity contribution in [3.8, 4) is 0 Å². The Hall–Kier alpha value is -1.28. The molecule has 0 bridgehead atoms. The van der Waals surface area contributed by atoms with Crippen LogP contribution in [0.3, 0.4) is 0 Å². The maximum absolute atomic E-state index is 6.09. The summed E-state index contributed by atoms with van der Waals surface area (Å²) in [4.78, 5) is 4.52. The maximum atomic E-state index is 6.09. The fourth-order valence-corrected chi connectivity index (χ4v) is 1.84. The van der Waals surface area contributed by atoms with E-state index in [1.807, 2.05) is 25.1 Å². The van der Waals surface area contributed by atoms with Gasteiger partial charge >= 0.3 is 0 Å². The van der Waals surface area contributed by atoms with Gasteiger partial charge < -0.3 is 5.32 Å². The predicted molar refractivity (Wildman–Crippen MR) is 65.7 cm³/mol. The average Bonchev–Trinajstić information content (AvgIpc) is 2.21. The Balaban J connectivity index is 2.66. The summed E-state index contributed by atoms with van der Waals surface area (Å²) in [5.74, 6) is 0.915. The Morgan fingerprint density at radius 1 is 1.40 bits per heavy atom. The molecule has 1 aromatic heterocycles. The SMILES string of the molecule is CCNc1nc2c(Cl)cccc2cc1C. The number of nitrogens with one attached hydrogen (secondary N) is 1. The standard InChI is InChI=1S/C12H13ClN2/c1-3-14-12-8(2)7-9-5-4-6-10(13)11(9)15-12/h4-7H,3H2,1-2H3,(H,14,15). The fourth-order valence-electron chi connectivity index (χ4n) is 1.61. The van der Waals surface area contributed by atoms with Crippen molar-refractivity contribution in [2.75, 3.05) is 11.9 Å². The number of nitrogens with zero attached hydrogens (tertiary/aromatic N) is 1. The number of para-hydroxylation sites is 1. The van der Waals surface area contributed by atoms with Gasteiger partial charge in [0.2, 0.25) is 0 Å². The number of aryl methyl sites for hydroxylation is 1. The van der Waals surface area contributed by atoms with E-state index in [4.69, 9.17) is 11.6 Å². The summed E-state index contributed by atoms with van der Waals surface area (Å²) < 4.78 is 0. The Kier molecular flexibility index (Phi) is 2.78. The van der Waals surface area contributed by atoms with E-state index in [1.54, 1.807) is 0 Å².